The van der Waals surface area contributed by atoms with E-state index in [1.165, 1.54) is 25.3 Å². The molecule has 0 aromatic heterocycles. The van der Waals surface area contributed by atoms with Gasteiger partial charge in [-0.15, -0.1) is 0 Å². The average Bonchev–Trinajstić information content (AvgIpc) is 2.09. The van der Waals surface area contributed by atoms with Crippen molar-refractivity contribution < 1.29 is 14.7 Å². The van der Waals surface area contributed by atoms with Crippen molar-refractivity contribution in [3.05, 3.63) is 23.8 Å². The Labute approximate surface area is 69.8 Å². The van der Waals surface area contributed by atoms with Crippen molar-refractivity contribution in [3.8, 4) is 0 Å². The molecule has 0 spiro atoms. The molecule has 1 rings (SSSR count). The van der Waals surface area contributed by atoms with Gasteiger partial charge in [0.2, 0.25) is 0 Å². The number of methoxy groups -OCH3 is 1. The molecule has 0 unspecified atom stereocenters. The molecule has 0 bridgehead atoms. The Morgan fingerprint density at radius 2 is 2.33 bits per heavy atom. The Kier molecular flexibility index (Phi) is 2.76. The van der Waals surface area contributed by atoms with Crippen LogP contribution in [0.2, 0.25) is 0 Å². The van der Waals surface area contributed by atoms with Gasteiger partial charge in [-0.1, -0.05) is 5.16 Å². The second-order valence-corrected chi connectivity index (χ2v) is 2.33. The monoisotopic (exact) mass is 167 g/mol. The first-order valence-electron chi connectivity index (χ1n) is 3.42. The van der Waals surface area contributed by atoms with Crippen molar-refractivity contribution in [1.82, 2.24) is 0 Å². The molecule has 0 aliphatic heterocycles. The van der Waals surface area contributed by atoms with E-state index in [2.05, 4.69) is 5.16 Å². The summed E-state index contributed by atoms with van der Waals surface area (Å²) in [7, 11) is 1.50. The number of hydrogen-bond acceptors (Lipinski definition) is 4. The molecule has 0 saturated carbocycles. The van der Waals surface area contributed by atoms with Crippen molar-refractivity contribution >= 4 is 11.5 Å². The fourth-order valence-electron chi connectivity index (χ4n) is 0.896. The third-order valence-corrected chi connectivity index (χ3v) is 1.46. The van der Waals surface area contributed by atoms with Crippen LogP contribution in [-0.4, -0.2) is 30.4 Å². The Hall–Kier alpha value is -1.42. The van der Waals surface area contributed by atoms with Gasteiger partial charge in [0.25, 0.3) is 0 Å². The van der Waals surface area contributed by atoms with Gasteiger partial charge in [0, 0.05) is 12.7 Å². The van der Waals surface area contributed by atoms with Gasteiger partial charge < -0.3 is 9.94 Å². The van der Waals surface area contributed by atoms with Gasteiger partial charge in [0.15, 0.2) is 5.78 Å². The summed E-state index contributed by atoms with van der Waals surface area (Å²) in [5.74, 6) is -0.107. The minimum Gasteiger partial charge on any atom is -0.410 e. The van der Waals surface area contributed by atoms with E-state index in [1.54, 1.807) is 0 Å². The molecule has 0 atom stereocenters. The van der Waals surface area contributed by atoms with Gasteiger partial charge in [0.1, 0.15) is 5.71 Å². The van der Waals surface area contributed by atoms with Crippen LogP contribution < -0.4 is 0 Å². The number of ketones is 1. The molecule has 0 heterocycles. The Morgan fingerprint density at radius 1 is 1.58 bits per heavy atom. The highest BCUT2D eigenvalue weighted by molar-refractivity contribution is 6.19. The van der Waals surface area contributed by atoms with Crippen LogP contribution in [0.5, 0.6) is 0 Å². The average molecular weight is 167 g/mol. The lowest BCUT2D eigenvalue weighted by Gasteiger charge is -2.05. The van der Waals surface area contributed by atoms with E-state index in [4.69, 9.17) is 9.94 Å². The summed E-state index contributed by atoms with van der Waals surface area (Å²) in [5.41, 5.74) is 0.856. The zero-order valence-corrected chi connectivity index (χ0v) is 6.65. The lowest BCUT2D eigenvalue weighted by Crippen LogP contribution is -2.11. The quantitative estimate of drug-likeness (QED) is 0.370. The number of oxime groups is 1. The number of allylic oxidation sites excluding steroid dienone is 3. The van der Waals surface area contributed by atoms with Crippen molar-refractivity contribution in [3.63, 3.8) is 0 Å². The second-order valence-electron chi connectivity index (χ2n) is 2.33. The van der Waals surface area contributed by atoms with Crippen molar-refractivity contribution in [2.75, 3.05) is 13.7 Å². The number of carbonyl (C=O) groups excluding carboxylic acids is 1. The van der Waals surface area contributed by atoms with Crippen LogP contribution >= 0.6 is 0 Å². The molecule has 1 aliphatic carbocycles. The van der Waals surface area contributed by atoms with E-state index in [-0.39, 0.29) is 12.4 Å². The Morgan fingerprint density at radius 3 is 2.92 bits per heavy atom. The smallest absolute Gasteiger partial charge is 0.184 e. The third kappa shape index (κ3) is 1.79. The fourth-order valence-corrected chi connectivity index (χ4v) is 0.896. The topological polar surface area (TPSA) is 58.9 Å². The van der Waals surface area contributed by atoms with Crippen LogP contribution in [0.15, 0.2) is 29.0 Å². The van der Waals surface area contributed by atoms with Crippen LogP contribution in [-0.2, 0) is 9.53 Å². The number of hydrogen-bond donors (Lipinski definition) is 1. The summed E-state index contributed by atoms with van der Waals surface area (Å²) in [5, 5.41) is 11.4. The van der Waals surface area contributed by atoms with E-state index in [0.717, 1.165) is 0 Å². The maximum atomic E-state index is 11.1. The summed E-state index contributed by atoms with van der Waals surface area (Å²) >= 11 is 0. The molecule has 64 valence electrons. The second kappa shape index (κ2) is 3.82. The van der Waals surface area contributed by atoms with Crippen LogP contribution in [0.25, 0.3) is 0 Å². The standard InChI is InChI=1S/C8H9NO3/c1-12-5-6-4-7(9-11)2-3-8(6)10/h2-4,11H,5H2,1H3/b9-7-. The molecular formula is C8H9NO3. The molecule has 0 amide bonds. The van der Waals surface area contributed by atoms with Crippen LogP contribution in [0.3, 0.4) is 0 Å². The molecule has 1 aliphatic rings. The van der Waals surface area contributed by atoms with E-state index in [9.17, 15) is 4.79 Å². The highest BCUT2D eigenvalue weighted by atomic mass is 16.5. The van der Waals surface area contributed by atoms with Crippen molar-refractivity contribution in [2.24, 2.45) is 5.16 Å². The lowest BCUT2D eigenvalue weighted by atomic mass is 10.0. The Bertz CT molecular complexity index is 276. The van der Waals surface area contributed by atoms with E-state index < -0.39 is 0 Å². The molecule has 0 radical (unpaired) electrons. The van der Waals surface area contributed by atoms with Gasteiger partial charge in [-0.25, -0.2) is 0 Å². The SMILES string of the molecule is COCC1=C/C(=N\O)C=CC1=O. The zero-order chi connectivity index (χ0) is 8.97. The van der Waals surface area contributed by atoms with E-state index in [1.807, 2.05) is 0 Å². The van der Waals surface area contributed by atoms with Gasteiger partial charge in [-0.3, -0.25) is 4.79 Å². The molecule has 0 fully saturated rings. The normalized spacial score (nSPS) is 19.9. The zero-order valence-electron chi connectivity index (χ0n) is 6.65. The minimum absolute atomic E-state index is 0.107. The first kappa shape index (κ1) is 8.67. The Balaban J connectivity index is 2.83. The molecule has 4 heteroatoms. The van der Waals surface area contributed by atoms with Gasteiger partial charge in [-0.2, -0.15) is 0 Å². The van der Waals surface area contributed by atoms with E-state index >= 15 is 0 Å². The predicted molar refractivity (Wildman–Crippen MR) is 43.3 cm³/mol. The minimum atomic E-state index is -0.107. The number of carbonyl (C=O) groups is 1. The van der Waals surface area contributed by atoms with Crippen molar-refractivity contribution in [2.45, 2.75) is 0 Å². The maximum absolute atomic E-state index is 11.1. The van der Waals surface area contributed by atoms with Crippen molar-refractivity contribution in [1.29, 1.82) is 0 Å². The summed E-state index contributed by atoms with van der Waals surface area (Å²) in [6, 6.07) is 0. The largest absolute Gasteiger partial charge is 0.410 e. The molecule has 0 aromatic carbocycles. The summed E-state index contributed by atoms with van der Waals surface area (Å²) < 4.78 is 4.78. The van der Waals surface area contributed by atoms with E-state index in [0.29, 0.717) is 11.3 Å². The van der Waals surface area contributed by atoms with Crippen LogP contribution in [0.4, 0.5) is 0 Å². The maximum Gasteiger partial charge on any atom is 0.184 e. The molecular weight excluding hydrogens is 158 g/mol. The molecule has 4 nitrogen and oxygen atoms in total. The number of rotatable bonds is 2. The highest BCUT2D eigenvalue weighted by Gasteiger charge is 2.11. The lowest BCUT2D eigenvalue weighted by molar-refractivity contribution is -0.111. The predicted octanol–water partition coefficient (Wildman–Crippen LogP) is 0.528. The summed E-state index contributed by atoms with van der Waals surface area (Å²) in [6.45, 7) is 0.238. The van der Waals surface area contributed by atoms with Gasteiger partial charge in [0.05, 0.1) is 6.61 Å². The molecule has 0 aromatic rings. The fraction of sp³-hybridized carbons (Fsp3) is 0.250. The first-order valence-corrected chi connectivity index (χ1v) is 3.42. The molecule has 0 saturated heterocycles. The molecule has 1 N–H and O–H groups in total. The summed E-state index contributed by atoms with van der Waals surface area (Å²) in [6.07, 6.45) is 4.29. The van der Waals surface area contributed by atoms with Crippen LogP contribution in [0, 0.1) is 0 Å². The summed E-state index contributed by atoms with van der Waals surface area (Å²) in [4.78, 5) is 11.1. The number of nitrogens with zero attached hydrogens (tertiary/aromatic N) is 1. The van der Waals surface area contributed by atoms with Crippen LogP contribution in [0.1, 0.15) is 0 Å². The highest BCUT2D eigenvalue weighted by Crippen LogP contribution is 2.05. The number of ether oxygens (including phenoxy) is 1. The first-order chi connectivity index (χ1) is 5.77. The molecule has 12 heavy (non-hydrogen) atoms. The van der Waals surface area contributed by atoms with Gasteiger partial charge in [-0.05, 0) is 18.2 Å². The van der Waals surface area contributed by atoms with Gasteiger partial charge >= 0.3 is 0 Å². The third-order valence-electron chi connectivity index (χ3n) is 1.46.